The summed E-state index contributed by atoms with van der Waals surface area (Å²) in [5, 5.41) is 13.8. The summed E-state index contributed by atoms with van der Waals surface area (Å²) in [6.07, 6.45) is 2.70. The first-order valence-corrected chi connectivity index (χ1v) is 8.98. The van der Waals surface area contributed by atoms with Gasteiger partial charge in [-0.25, -0.2) is 0 Å². The minimum atomic E-state index is -0.642. The Morgan fingerprint density at radius 2 is 1.82 bits per heavy atom. The SMILES string of the molecule is NC(=O)c1cc(-c2ccccc2)sc1NC(=O)C=Cc1cccc([N+](=O)[O-])c1. The molecule has 2 aromatic carbocycles. The van der Waals surface area contributed by atoms with Crippen LogP contribution in [0.5, 0.6) is 0 Å². The first-order chi connectivity index (χ1) is 13.4. The van der Waals surface area contributed by atoms with E-state index in [1.54, 1.807) is 12.1 Å². The Morgan fingerprint density at radius 1 is 1.07 bits per heavy atom. The van der Waals surface area contributed by atoms with Crippen molar-refractivity contribution in [2.45, 2.75) is 0 Å². The van der Waals surface area contributed by atoms with E-state index in [4.69, 9.17) is 5.73 Å². The Balaban J connectivity index is 1.80. The van der Waals surface area contributed by atoms with Crippen molar-refractivity contribution in [3.05, 3.63) is 88.0 Å². The van der Waals surface area contributed by atoms with E-state index in [1.807, 2.05) is 30.3 Å². The number of nitrogens with one attached hydrogen (secondary N) is 1. The second kappa shape index (κ2) is 8.28. The zero-order chi connectivity index (χ0) is 20.1. The van der Waals surface area contributed by atoms with E-state index in [2.05, 4.69) is 5.32 Å². The molecular formula is C20H15N3O4S. The molecule has 3 aromatic rings. The molecule has 0 spiro atoms. The number of carbonyl (C=O) groups excluding carboxylic acids is 2. The van der Waals surface area contributed by atoms with Crippen molar-refractivity contribution < 1.29 is 14.5 Å². The lowest BCUT2D eigenvalue weighted by molar-refractivity contribution is -0.384. The van der Waals surface area contributed by atoms with E-state index in [9.17, 15) is 19.7 Å². The summed E-state index contributed by atoms with van der Waals surface area (Å²) in [4.78, 5) is 35.1. The van der Waals surface area contributed by atoms with Crippen LogP contribution >= 0.6 is 11.3 Å². The number of carbonyl (C=O) groups is 2. The van der Waals surface area contributed by atoms with Gasteiger partial charge in [0.1, 0.15) is 5.00 Å². The molecule has 28 heavy (non-hydrogen) atoms. The largest absolute Gasteiger partial charge is 0.366 e. The van der Waals surface area contributed by atoms with Gasteiger partial charge in [0.05, 0.1) is 10.5 Å². The molecule has 8 heteroatoms. The number of primary amides is 1. The summed E-state index contributed by atoms with van der Waals surface area (Å²) in [6.45, 7) is 0. The van der Waals surface area contributed by atoms with Crippen molar-refractivity contribution in [2.24, 2.45) is 5.73 Å². The Bertz CT molecular complexity index is 1070. The molecule has 3 N–H and O–H groups in total. The Hall–Kier alpha value is -3.78. The highest BCUT2D eigenvalue weighted by molar-refractivity contribution is 7.20. The van der Waals surface area contributed by atoms with Gasteiger partial charge in [-0.1, -0.05) is 42.5 Å². The highest BCUT2D eigenvalue weighted by Crippen LogP contribution is 2.35. The smallest absolute Gasteiger partial charge is 0.270 e. The molecule has 3 rings (SSSR count). The van der Waals surface area contributed by atoms with E-state index in [0.29, 0.717) is 10.6 Å². The molecule has 0 unspecified atom stereocenters. The van der Waals surface area contributed by atoms with Gasteiger partial charge in [0, 0.05) is 23.1 Å². The second-order valence-corrected chi connectivity index (χ2v) is 6.81. The fourth-order valence-electron chi connectivity index (χ4n) is 2.48. The van der Waals surface area contributed by atoms with Gasteiger partial charge in [0.15, 0.2) is 0 Å². The third-order valence-corrected chi connectivity index (χ3v) is 4.90. The predicted molar refractivity (Wildman–Crippen MR) is 109 cm³/mol. The first-order valence-electron chi connectivity index (χ1n) is 8.16. The number of nitro benzene ring substituents is 1. The normalized spacial score (nSPS) is 10.7. The molecule has 0 fully saturated rings. The lowest BCUT2D eigenvalue weighted by Crippen LogP contribution is -2.14. The van der Waals surface area contributed by atoms with Gasteiger partial charge in [-0.05, 0) is 23.3 Å². The van der Waals surface area contributed by atoms with Crippen LogP contribution in [0.4, 0.5) is 10.7 Å². The summed E-state index contributed by atoms with van der Waals surface area (Å²) < 4.78 is 0. The minimum Gasteiger partial charge on any atom is -0.366 e. The third kappa shape index (κ3) is 4.49. The third-order valence-electron chi connectivity index (χ3n) is 3.80. The Kier molecular flexibility index (Phi) is 5.61. The maximum Gasteiger partial charge on any atom is 0.270 e. The number of hydrogen-bond acceptors (Lipinski definition) is 5. The topological polar surface area (TPSA) is 115 Å². The number of non-ortho nitro benzene ring substituents is 1. The summed E-state index contributed by atoms with van der Waals surface area (Å²) in [5.41, 5.74) is 7.00. The maximum absolute atomic E-state index is 12.2. The predicted octanol–water partition coefficient (Wildman–Crippen LogP) is 4.07. The molecule has 0 radical (unpaired) electrons. The zero-order valence-electron chi connectivity index (χ0n) is 14.5. The van der Waals surface area contributed by atoms with Crippen LogP contribution in [0.25, 0.3) is 16.5 Å². The van der Waals surface area contributed by atoms with Gasteiger partial charge in [-0.3, -0.25) is 19.7 Å². The highest BCUT2D eigenvalue weighted by Gasteiger charge is 2.16. The summed E-state index contributed by atoms with van der Waals surface area (Å²) in [6, 6.07) is 17.0. The lowest BCUT2D eigenvalue weighted by atomic mass is 10.1. The minimum absolute atomic E-state index is 0.0654. The number of benzene rings is 2. The van der Waals surface area contributed by atoms with Crippen LogP contribution in [0, 0.1) is 10.1 Å². The van der Waals surface area contributed by atoms with Crippen LogP contribution < -0.4 is 11.1 Å². The fraction of sp³-hybridized carbons (Fsp3) is 0. The number of nitro groups is 1. The number of hydrogen-bond donors (Lipinski definition) is 2. The standard InChI is InChI=1S/C20H15N3O4S/c21-19(25)16-12-17(14-6-2-1-3-7-14)28-20(16)22-18(24)10-9-13-5-4-8-15(11-13)23(26)27/h1-12H,(H2,21,25)(H,22,24). The van der Waals surface area contributed by atoms with Gasteiger partial charge in [0.2, 0.25) is 5.91 Å². The molecule has 7 nitrogen and oxygen atoms in total. The van der Waals surface area contributed by atoms with Crippen LogP contribution in [-0.4, -0.2) is 16.7 Å². The molecule has 1 heterocycles. The molecule has 0 aliphatic rings. The Morgan fingerprint density at radius 3 is 2.50 bits per heavy atom. The van der Waals surface area contributed by atoms with E-state index >= 15 is 0 Å². The van der Waals surface area contributed by atoms with Gasteiger partial charge < -0.3 is 11.1 Å². The molecule has 2 amide bonds. The molecule has 0 bridgehead atoms. The highest BCUT2D eigenvalue weighted by atomic mass is 32.1. The molecule has 0 aliphatic carbocycles. The monoisotopic (exact) mass is 393 g/mol. The lowest BCUT2D eigenvalue weighted by Gasteiger charge is -2.01. The zero-order valence-corrected chi connectivity index (χ0v) is 15.3. The fourth-order valence-corrected chi connectivity index (χ4v) is 3.55. The average molecular weight is 393 g/mol. The van der Waals surface area contributed by atoms with Crippen molar-refractivity contribution in [1.29, 1.82) is 0 Å². The van der Waals surface area contributed by atoms with Crippen molar-refractivity contribution in [1.82, 2.24) is 0 Å². The van der Waals surface area contributed by atoms with Crippen molar-refractivity contribution in [3.8, 4) is 10.4 Å². The summed E-state index contributed by atoms with van der Waals surface area (Å²) in [7, 11) is 0. The first kappa shape index (κ1) is 19.0. The van der Waals surface area contributed by atoms with Gasteiger partial charge in [-0.2, -0.15) is 0 Å². The van der Waals surface area contributed by atoms with Crippen LogP contribution in [-0.2, 0) is 4.79 Å². The average Bonchev–Trinajstić information content (AvgIpc) is 3.11. The number of anilines is 1. The molecule has 0 atom stereocenters. The summed E-state index contributed by atoms with van der Waals surface area (Å²) >= 11 is 1.24. The molecule has 140 valence electrons. The molecular weight excluding hydrogens is 378 g/mol. The van der Waals surface area contributed by atoms with Crippen LogP contribution in [0.2, 0.25) is 0 Å². The van der Waals surface area contributed by atoms with E-state index < -0.39 is 16.7 Å². The van der Waals surface area contributed by atoms with E-state index in [0.717, 1.165) is 10.4 Å². The number of rotatable bonds is 6. The van der Waals surface area contributed by atoms with Crippen molar-refractivity contribution >= 4 is 39.9 Å². The van der Waals surface area contributed by atoms with E-state index in [-0.39, 0.29) is 11.3 Å². The van der Waals surface area contributed by atoms with E-state index in [1.165, 1.54) is 41.7 Å². The number of nitrogens with two attached hydrogens (primary N) is 1. The van der Waals surface area contributed by atoms with Crippen LogP contribution in [0.3, 0.4) is 0 Å². The van der Waals surface area contributed by atoms with Gasteiger partial charge in [0.25, 0.3) is 11.6 Å². The van der Waals surface area contributed by atoms with Crippen LogP contribution in [0.1, 0.15) is 15.9 Å². The Labute approximate surface area is 164 Å². The molecule has 0 saturated heterocycles. The van der Waals surface area contributed by atoms with Crippen molar-refractivity contribution in [2.75, 3.05) is 5.32 Å². The number of nitrogens with zero attached hydrogens (tertiary/aromatic N) is 1. The number of thiophene rings is 1. The number of amides is 2. The molecule has 1 aromatic heterocycles. The van der Waals surface area contributed by atoms with Crippen molar-refractivity contribution in [3.63, 3.8) is 0 Å². The second-order valence-electron chi connectivity index (χ2n) is 5.76. The van der Waals surface area contributed by atoms with Gasteiger partial charge in [-0.15, -0.1) is 11.3 Å². The summed E-state index contributed by atoms with van der Waals surface area (Å²) in [5.74, 6) is -1.12. The quantitative estimate of drug-likeness (QED) is 0.373. The van der Waals surface area contributed by atoms with Crippen LogP contribution in [0.15, 0.2) is 66.7 Å². The molecule has 0 aliphatic heterocycles. The maximum atomic E-state index is 12.2. The molecule has 0 saturated carbocycles. The van der Waals surface area contributed by atoms with Gasteiger partial charge >= 0.3 is 0 Å².